The largest absolute Gasteiger partial charge is 0.386 e. The number of rotatable bonds is 14. The third-order valence-corrected chi connectivity index (χ3v) is 3.89. The van der Waals surface area contributed by atoms with Crippen LogP contribution < -0.4 is 5.73 Å². The molecular formula is C16H35NO3. The predicted octanol–water partition coefficient (Wildman–Crippen LogP) is 2.69. The molecule has 0 radical (unpaired) electrons. The van der Waals surface area contributed by atoms with Gasteiger partial charge in [0.15, 0.2) is 6.29 Å². The van der Waals surface area contributed by atoms with E-state index >= 15 is 0 Å². The molecule has 0 amide bonds. The van der Waals surface area contributed by atoms with Crippen molar-refractivity contribution in [2.24, 2.45) is 5.73 Å². The van der Waals surface area contributed by atoms with Gasteiger partial charge in [-0.15, -0.1) is 0 Å². The first-order valence-corrected chi connectivity index (χ1v) is 8.39. The molecule has 0 fully saturated rings. The second kappa shape index (κ2) is 13.8. The van der Waals surface area contributed by atoms with Crippen LogP contribution >= 0.6 is 0 Å². The highest BCUT2D eigenvalue weighted by atomic mass is 16.5. The molecule has 5 N–H and O–H groups in total. The van der Waals surface area contributed by atoms with E-state index in [1.54, 1.807) is 0 Å². The van der Waals surface area contributed by atoms with Crippen LogP contribution in [-0.4, -0.2) is 33.8 Å². The zero-order valence-electron chi connectivity index (χ0n) is 13.1. The predicted molar refractivity (Wildman–Crippen MR) is 83.3 cm³/mol. The molecule has 0 aliphatic rings. The van der Waals surface area contributed by atoms with Crippen LogP contribution in [0.2, 0.25) is 0 Å². The zero-order valence-corrected chi connectivity index (χ0v) is 13.1. The molecule has 0 spiro atoms. The van der Waals surface area contributed by atoms with Crippen molar-refractivity contribution >= 4 is 0 Å². The van der Waals surface area contributed by atoms with E-state index in [1.165, 1.54) is 57.8 Å². The molecule has 0 saturated carbocycles. The molecule has 122 valence electrons. The second-order valence-corrected chi connectivity index (χ2v) is 5.89. The lowest BCUT2D eigenvalue weighted by Gasteiger charge is -2.19. The lowest BCUT2D eigenvalue weighted by Crippen LogP contribution is -2.42. The van der Waals surface area contributed by atoms with E-state index in [9.17, 15) is 5.11 Å². The molecule has 0 heterocycles. The van der Waals surface area contributed by atoms with Crippen molar-refractivity contribution in [2.75, 3.05) is 0 Å². The maximum atomic E-state index is 9.33. The summed E-state index contributed by atoms with van der Waals surface area (Å²) in [4.78, 5) is 0. The van der Waals surface area contributed by atoms with Gasteiger partial charge in [0.05, 0.1) is 0 Å². The van der Waals surface area contributed by atoms with Crippen LogP contribution in [0.15, 0.2) is 0 Å². The van der Waals surface area contributed by atoms with Crippen molar-refractivity contribution in [3.05, 3.63) is 0 Å². The molecule has 2 atom stereocenters. The van der Waals surface area contributed by atoms with Crippen molar-refractivity contribution in [3.63, 3.8) is 0 Å². The number of unbranched alkanes of at least 4 members (excludes halogenated alkanes) is 10. The van der Waals surface area contributed by atoms with Gasteiger partial charge >= 0.3 is 0 Å². The summed E-state index contributed by atoms with van der Waals surface area (Å²) in [6.07, 6.45) is 11.7. The van der Waals surface area contributed by atoms with Gasteiger partial charge in [-0.3, -0.25) is 0 Å². The van der Waals surface area contributed by atoms with Gasteiger partial charge in [-0.1, -0.05) is 77.6 Å². The maximum Gasteiger partial charge on any atom is 0.179 e. The molecular weight excluding hydrogens is 254 g/mol. The van der Waals surface area contributed by atoms with E-state index in [1.807, 2.05) is 0 Å². The summed E-state index contributed by atoms with van der Waals surface area (Å²) >= 11 is 0. The highest BCUT2D eigenvalue weighted by Gasteiger charge is 2.20. The van der Waals surface area contributed by atoms with Crippen molar-refractivity contribution in [2.45, 2.75) is 102 Å². The Balaban J connectivity index is 3.20. The molecule has 0 aliphatic heterocycles. The minimum Gasteiger partial charge on any atom is -0.386 e. The number of hydrogen-bond acceptors (Lipinski definition) is 4. The lowest BCUT2D eigenvalue weighted by molar-refractivity contribution is -0.129. The van der Waals surface area contributed by atoms with Crippen LogP contribution in [0.5, 0.6) is 0 Å². The Bertz CT molecular complexity index is 200. The highest BCUT2D eigenvalue weighted by molar-refractivity contribution is 4.72. The van der Waals surface area contributed by atoms with Crippen LogP contribution in [0.1, 0.15) is 84.0 Å². The maximum absolute atomic E-state index is 9.33. The minimum absolute atomic E-state index is 0.534. The SMILES string of the molecule is CCCCCCCCCCCCCC(N)C(O)C(O)O. The van der Waals surface area contributed by atoms with Gasteiger partial charge in [-0.2, -0.15) is 0 Å². The van der Waals surface area contributed by atoms with Crippen molar-refractivity contribution < 1.29 is 15.3 Å². The van der Waals surface area contributed by atoms with E-state index in [2.05, 4.69) is 6.92 Å². The third kappa shape index (κ3) is 11.6. The Morgan fingerprint density at radius 3 is 1.50 bits per heavy atom. The fourth-order valence-electron chi connectivity index (χ4n) is 2.44. The summed E-state index contributed by atoms with van der Waals surface area (Å²) in [5.74, 6) is 0. The van der Waals surface area contributed by atoms with Gasteiger partial charge < -0.3 is 21.1 Å². The van der Waals surface area contributed by atoms with Crippen molar-refractivity contribution in [1.29, 1.82) is 0 Å². The number of hydrogen-bond donors (Lipinski definition) is 4. The van der Waals surface area contributed by atoms with Gasteiger partial charge in [0.1, 0.15) is 6.10 Å². The molecule has 0 rings (SSSR count). The lowest BCUT2D eigenvalue weighted by atomic mass is 10.0. The monoisotopic (exact) mass is 289 g/mol. The molecule has 0 bridgehead atoms. The molecule has 0 aromatic heterocycles. The zero-order chi connectivity index (χ0) is 15.2. The van der Waals surface area contributed by atoms with Crippen LogP contribution in [0, 0.1) is 0 Å². The van der Waals surface area contributed by atoms with E-state index in [0.29, 0.717) is 6.42 Å². The summed E-state index contributed by atoms with van der Waals surface area (Å²) < 4.78 is 0. The average Bonchev–Trinajstić information content (AvgIpc) is 2.43. The van der Waals surface area contributed by atoms with Gasteiger partial charge in [0.25, 0.3) is 0 Å². The van der Waals surface area contributed by atoms with Crippen LogP contribution in [-0.2, 0) is 0 Å². The van der Waals surface area contributed by atoms with Gasteiger partial charge in [0.2, 0.25) is 0 Å². The molecule has 4 nitrogen and oxygen atoms in total. The van der Waals surface area contributed by atoms with Crippen molar-refractivity contribution in [1.82, 2.24) is 0 Å². The van der Waals surface area contributed by atoms with Gasteiger partial charge in [0, 0.05) is 6.04 Å². The summed E-state index contributed by atoms with van der Waals surface area (Å²) in [7, 11) is 0. The molecule has 4 heteroatoms. The fourth-order valence-corrected chi connectivity index (χ4v) is 2.44. The topological polar surface area (TPSA) is 86.7 Å². The Morgan fingerprint density at radius 2 is 1.10 bits per heavy atom. The highest BCUT2D eigenvalue weighted by Crippen LogP contribution is 2.13. The molecule has 0 saturated heterocycles. The minimum atomic E-state index is -1.72. The first-order chi connectivity index (χ1) is 9.59. The van der Waals surface area contributed by atoms with Gasteiger partial charge in [-0.05, 0) is 6.42 Å². The average molecular weight is 289 g/mol. The van der Waals surface area contributed by atoms with E-state index < -0.39 is 18.4 Å². The molecule has 0 aromatic rings. The summed E-state index contributed by atoms with van der Waals surface area (Å²) in [6.45, 7) is 2.24. The van der Waals surface area contributed by atoms with E-state index in [0.717, 1.165) is 12.8 Å². The van der Waals surface area contributed by atoms with E-state index in [4.69, 9.17) is 15.9 Å². The number of nitrogens with two attached hydrogens (primary N) is 1. The number of aliphatic hydroxyl groups excluding tert-OH is 2. The second-order valence-electron chi connectivity index (χ2n) is 5.89. The Labute approximate surface area is 124 Å². The standard InChI is InChI=1S/C16H35NO3/c1-2-3-4-5-6-7-8-9-10-11-12-13-14(17)15(18)16(19)20/h14-16,18-20H,2-13,17H2,1H3. The Kier molecular flexibility index (Phi) is 13.7. The smallest absolute Gasteiger partial charge is 0.179 e. The summed E-state index contributed by atoms with van der Waals surface area (Å²) in [5, 5.41) is 26.9. The Hall–Kier alpha value is -0.160. The quantitative estimate of drug-likeness (QED) is 0.292. The summed E-state index contributed by atoms with van der Waals surface area (Å²) in [6, 6.07) is -0.534. The van der Waals surface area contributed by atoms with Crippen molar-refractivity contribution in [3.8, 4) is 0 Å². The first kappa shape index (κ1) is 19.8. The third-order valence-electron chi connectivity index (χ3n) is 3.89. The van der Waals surface area contributed by atoms with Crippen LogP contribution in [0.4, 0.5) is 0 Å². The number of aliphatic hydroxyl groups is 3. The first-order valence-electron chi connectivity index (χ1n) is 8.39. The summed E-state index contributed by atoms with van der Waals surface area (Å²) in [5.41, 5.74) is 5.67. The molecule has 0 aromatic carbocycles. The van der Waals surface area contributed by atoms with Crippen LogP contribution in [0.25, 0.3) is 0 Å². The van der Waals surface area contributed by atoms with Gasteiger partial charge in [-0.25, -0.2) is 0 Å². The molecule has 2 unspecified atom stereocenters. The molecule has 20 heavy (non-hydrogen) atoms. The Morgan fingerprint density at radius 1 is 0.700 bits per heavy atom. The van der Waals surface area contributed by atoms with E-state index in [-0.39, 0.29) is 0 Å². The fraction of sp³-hybridized carbons (Fsp3) is 1.00. The van der Waals surface area contributed by atoms with Crippen LogP contribution in [0.3, 0.4) is 0 Å². The molecule has 0 aliphatic carbocycles. The normalized spacial score (nSPS) is 14.7.